The van der Waals surface area contributed by atoms with Crippen molar-refractivity contribution in [2.45, 2.75) is 56.7 Å². The van der Waals surface area contributed by atoms with Gasteiger partial charge in [0.2, 0.25) is 5.41 Å². The molecule has 11 nitrogen and oxygen atoms in total. The van der Waals surface area contributed by atoms with Crippen molar-refractivity contribution in [3.05, 3.63) is 65.7 Å². The van der Waals surface area contributed by atoms with E-state index in [9.17, 15) is 27.6 Å². The predicted octanol–water partition coefficient (Wildman–Crippen LogP) is 1.93. The van der Waals surface area contributed by atoms with Gasteiger partial charge in [-0.15, -0.1) is 0 Å². The molecule has 2 fully saturated rings. The number of benzene rings is 2. The van der Waals surface area contributed by atoms with Gasteiger partial charge >= 0.3 is 23.9 Å². The van der Waals surface area contributed by atoms with Gasteiger partial charge in [0.15, 0.2) is 22.0 Å². The summed E-state index contributed by atoms with van der Waals surface area (Å²) in [5.41, 5.74) is -0.906. The van der Waals surface area contributed by atoms with E-state index in [1.165, 1.54) is 12.1 Å². The fraction of sp³-hybridized carbons (Fsp3) is 0.429. The summed E-state index contributed by atoms with van der Waals surface area (Å²) in [5.74, 6) is -6.25. The molecule has 6 atom stereocenters. The number of fused-ring (bicyclic) bond motifs is 2. The molecule has 1 saturated heterocycles. The Morgan fingerprint density at radius 1 is 0.925 bits per heavy atom. The molecule has 0 spiro atoms. The first kappa shape index (κ1) is 29.2. The minimum Gasteiger partial charge on any atom is -0.468 e. The van der Waals surface area contributed by atoms with Crippen molar-refractivity contribution in [1.29, 1.82) is 0 Å². The van der Waals surface area contributed by atoms with Crippen LogP contribution in [0, 0.1) is 18.3 Å². The largest absolute Gasteiger partial charge is 0.468 e. The zero-order chi connectivity index (χ0) is 29.2. The lowest BCUT2D eigenvalue weighted by Crippen LogP contribution is -2.67. The Hall–Kier alpha value is -3.77. The van der Waals surface area contributed by atoms with Crippen LogP contribution in [0.25, 0.3) is 0 Å². The summed E-state index contributed by atoms with van der Waals surface area (Å²) < 4.78 is 54.9. The second-order valence-electron chi connectivity index (χ2n) is 9.80. The van der Waals surface area contributed by atoms with Crippen LogP contribution in [0.3, 0.4) is 0 Å². The molecule has 0 radical (unpaired) electrons. The number of carbonyl (C=O) groups is 4. The van der Waals surface area contributed by atoms with Gasteiger partial charge < -0.3 is 23.7 Å². The smallest absolute Gasteiger partial charge is 0.328 e. The number of ether oxygens (including phenoxy) is 5. The monoisotopic (exact) mass is 574 g/mol. The Bertz CT molecular complexity index is 1390. The second-order valence-corrected chi connectivity index (χ2v) is 11.8. The van der Waals surface area contributed by atoms with Gasteiger partial charge in [-0.05, 0) is 24.6 Å². The normalized spacial score (nSPS) is 27.4. The van der Waals surface area contributed by atoms with E-state index < -0.39 is 75.2 Å². The average Bonchev–Trinajstić information content (AvgIpc) is 3.13. The molecule has 2 aromatic carbocycles. The Labute approximate surface area is 231 Å². The van der Waals surface area contributed by atoms with Gasteiger partial charge in [0.1, 0.15) is 12.2 Å². The van der Waals surface area contributed by atoms with Crippen molar-refractivity contribution in [3.8, 4) is 0 Å². The molecular weight excluding hydrogens is 544 g/mol. The molecule has 214 valence electrons. The zero-order valence-corrected chi connectivity index (χ0v) is 23.2. The van der Waals surface area contributed by atoms with E-state index >= 15 is 0 Å². The molecule has 0 unspecified atom stereocenters. The Morgan fingerprint density at radius 2 is 1.55 bits per heavy atom. The van der Waals surface area contributed by atoms with Gasteiger partial charge in [-0.2, -0.15) is 0 Å². The second kappa shape index (κ2) is 11.4. The van der Waals surface area contributed by atoms with E-state index in [0.29, 0.717) is 5.56 Å². The summed E-state index contributed by atoms with van der Waals surface area (Å²) in [6, 6.07) is 15.0. The number of methoxy groups -OCH3 is 1. The van der Waals surface area contributed by atoms with Crippen molar-refractivity contribution in [2.75, 3.05) is 12.9 Å². The van der Waals surface area contributed by atoms with Crippen LogP contribution < -0.4 is 0 Å². The van der Waals surface area contributed by atoms with Gasteiger partial charge in [-0.1, -0.05) is 48.0 Å². The molecule has 40 heavy (non-hydrogen) atoms. The van der Waals surface area contributed by atoms with Crippen LogP contribution in [0.1, 0.15) is 25.0 Å². The maximum Gasteiger partial charge on any atom is 0.328 e. The lowest BCUT2D eigenvalue weighted by atomic mass is 9.63. The van der Waals surface area contributed by atoms with Crippen LogP contribution in [-0.2, 0) is 59.3 Å². The molecule has 0 amide bonds. The average molecular weight is 575 g/mol. The van der Waals surface area contributed by atoms with E-state index in [1.807, 2.05) is 0 Å². The standard InChI is InChI=1S/C28H30O11S/c1-16-10-12-20(13-11-16)40(33,34)15-21-22-23(36-14-19-8-6-5-7-9-19)24(37-17(2)29)25(38-18(3)30)28(21,26(31)35-4)27(32)39-22/h5-13,21-25H,14-15H2,1-4H3/t21-,22+,23-,24+,25+,28-/m0/s1. The first-order valence-electron chi connectivity index (χ1n) is 12.5. The molecule has 12 heteroatoms. The van der Waals surface area contributed by atoms with Crippen molar-refractivity contribution in [1.82, 2.24) is 0 Å². The third-order valence-corrected chi connectivity index (χ3v) is 8.93. The quantitative estimate of drug-likeness (QED) is 0.246. The number of sulfone groups is 1. The highest BCUT2D eigenvalue weighted by molar-refractivity contribution is 7.91. The molecule has 1 aliphatic heterocycles. The topological polar surface area (TPSA) is 149 Å². The van der Waals surface area contributed by atoms with E-state index in [4.69, 9.17) is 23.7 Å². The Kier molecular flexibility index (Phi) is 8.31. The first-order valence-corrected chi connectivity index (χ1v) is 14.2. The lowest BCUT2D eigenvalue weighted by molar-refractivity contribution is -0.222. The fourth-order valence-electron chi connectivity index (χ4n) is 5.40. The maximum absolute atomic E-state index is 13.6. The predicted molar refractivity (Wildman–Crippen MR) is 137 cm³/mol. The highest BCUT2D eigenvalue weighted by Gasteiger charge is 2.77. The minimum atomic E-state index is -4.13. The summed E-state index contributed by atoms with van der Waals surface area (Å²) in [5, 5.41) is 0. The highest BCUT2D eigenvalue weighted by atomic mass is 32.2. The van der Waals surface area contributed by atoms with Crippen LogP contribution in [0.2, 0.25) is 0 Å². The van der Waals surface area contributed by atoms with Crippen LogP contribution in [0.15, 0.2) is 59.5 Å². The molecule has 2 aromatic rings. The van der Waals surface area contributed by atoms with Crippen LogP contribution >= 0.6 is 0 Å². The number of esters is 4. The van der Waals surface area contributed by atoms with E-state index in [2.05, 4.69) is 0 Å². The number of rotatable bonds is 9. The molecule has 4 rings (SSSR count). The van der Waals surface area contributed by atoms with Crippen LogP contribution in [-0.4, -0.2) is 69.6 Å². The number of aryl methyl sites for hydroxylation is 1. The van der Waals surface area contributed by atoms with E-state index in [-0.39, 0.29) is 11.5 Å². The van der Waals surface area contributed by atoms with E-state index in [0.717, 1.165) is 26.5 Å². The van der Waals surface area contributed by atoms with Crippen molar-refractivity contribution < 1.29 is 51.3 Å². The van der Waals surface area contributed by atoms with Crippen molar-refractivity contribution in [3.63, 3.8) is 0 Å². The fourth-order valence-corrected chi connectivity index (χ4v) is 7.06. The van der Waals surface area contributed by atoms with Crippen LogP contribution in [0.4, 0.5) is 0 Å². The van der Waals surface area contributed by atoms with E-state index in [1.54, 1.807) is 49.4 Å². The summed E-state index contributed by atoms with van der Waals surface area (Å²) in [7, 11) is -3.13. The zero-order valence-electron chi connectivity index (χ0n) is 22.4. The Balaban J connectivity index is 1.87. The minimum absolute atomic E-state index is 0.0436. The first-order chi connectivity index (χ1) is 18.9. The summed E-state index contributed by atoms with van der Waals surface area (Å²) in [6.45, 7) is 3.89. The molecule has 1 saturated carbocycles. The van der Waals surface area contributed by atoms with Gasteiger partial charge in [0.05, 0.1) is 24.4 Å². The third-order valence-electron chi connectivity index (χ3n) is 7.14. The molecule has 1 aliphatic carbocycles. The number of hydrogen-bond acceptors (Lipinski definition) is 11. The van der Waals surface area contributed by atoms with Gasteiger partial charge in [-0.25, -0.2) is 8.42 Å². The molecule has 2 bridgehead atoms. The number of carbonyl (C=O) groups excluding carboxylic acids is 4. The molecule has 0 N–H and O–H groups in total. The van der Waals surface area contributed by atoms with Crippen molar-refractivity contribution in [2.24, 2.45) is 11.3 Å². The molecule has 1 heterocycles. The Morgan fingerprint density at radius 3 is 2.12 bits per heavy atom. The lowest BCUT2D eigenvalue weighted by Gasteiger charge is -2.46. The third kappa shape index (κ3) is 5.33. The highest BCUT2D eigenvalue weighted by Crippen LogP contribution is 2.54. The number of hydrogen-bond donors (Lipinski definition) is 0. The maximum atomic E-state index is 13.6. The van der Waals surface area contributed by atoms with Crippen LogP contribution in [0.5, 0.6) is 0 Å². The van der Waals surface area contributed by atoms with Gasteiger partial charge in [0.25, 0.3) is 0 Å². The van der Waals surface area contributed by atoms with Gasteiger partial charge in [0, 0.05) is 19.8 Å². The molecule has 2 aliphatic rings. The summed E-state index contributed by atoms with van der Waals surface area (Å²) >= 11 is 0. The SMILES string of the molecule is COC(=O)[C@@]12C(=O)O[C@@H]([C@H](OCc3ccccc3)[C@@H](OC(C)=O)[C@H]1OC(C)=O)[C@@H]2CS(=O)(=O)c1ccc(C)cc1. The van der Waals surface area contributed by atoms with Gasteiger partial charge in [-0.3, -0.25) is 19.2 Å². The summed E-state index contributed by atoms with van der Waals surface area (Å²) in [4.78, 5) is 51.5. The van der Waals surface area contributed by atoms with Crippen molar-refractivity contribution >= 4 is 33.7 Å². The molecular formula is C28H30O11S. The summed E-state index contributed by atoms with van der Waals surface area (Å²) in [6.07, 6.45) is -5.96. The molecule has 0 aromatic heterocycles.